The second kappa shape index (κ2) is 5.33. The molecule has 0 bridgehead atoms. The van der Waals surface area contributed by atoms with Gasteiger partial charge in [0.2, 0.25) is 10.0 Å². The van der Waals surface area contributed by atoms with Crippen LogP contribution in [0.1, 0.15) is 6.92 Å². The molecule has 0 saturated carbocycles. The van der Waals surface area contributed by atoms with Gasteiger partial charge in [0.15, 0.2) is 5.25 Å². The van der Waals surface area contributed by atoms with Crippen LogP contribution in [0.15, 0.2) is 43.0 Å². The minimum Gasteiger partial charge on any atom is -0.480 e. The zero-order chi connectivity index (χ0) is 14.8. The SMILES string of the molecule is CC(C(=O)O)S(=O)(=O)Nc1cccc(-n2ccnc2)c1. The molecule has 20 heavy (non-hydrogen) atoms. The first kappa shape index (κ1) is 14.1. The van der Waals surface area contributed by atoms with Crippen molar-refractivity contribution in [1.82, 2.24) is 9.55 Å². The summed E-state index contributed by atoms with van der Waals surface area (Å²) in [5.74, 6) is -1.40. The summed E-state index contributed by atoms with van der Waals surface area (Å²) in [4.78, 5) is 14.7. The van der Waals surface area contributed by atoms with Gasteiger partial charge in [-0.3, -0.25) is 9.52 Å². The van der Waals surface area contributed by atoms with Crippen molar-refractivity contribution in [1.29, 1.82) is 0 Å². The zero-order valence-corrected chi connectivity index (χ0v) is 11.4. The molecule has 1 unspecified atom stereocenters. The van der Waals surface area contributed by atoms with Crippen molar-refractivity contribution in [2.24, 2.45) is 0 Å². The van der Waals surface area contributed by atoms with Crippen LogP contribution in [0.4, 0.5) is 5.69 Å². The van der Waals surface area contributed by atoms with Crippen LogP contribution in [0, 0.1) is 0 Å². The highest BCUT2D eigenvalue weighted by Gasteiger charge is 2.27. The highest BCUT2D eigenvalue weighted by Crippen LogP contribution is 2.17. The molecule has 2 aromatic rings. The number of rotatable bonds is 5. The predicted octanol–water partition coefficient (Wildman–Crippen LogP) is 1.09. The quantitative estimate of drug-likeness (QED) is 0.859. The third kappa shape index (κ3) is 2.97. The van der Waals surface area contributed by atoms with E-state index in [0.717, 1.165) is 6.92 Å². The topological polar surface area (TPSA) is 101 Å². The third-order valence-electron chi connectivity index (χ3n) is 2.72. The number of imidazole rings is 1. The van der Waals surface area contributed by atoms with E-state index in [1.165, 1.54) is 0 Å². The van der Waals surface area contributed by atoms with E-state index in [1.54, 1.807) is 47.6 Å². The molecule has 0 saturated heterocycles. The Morgan fingerprint density at radius 3 is 2.80 bits per heavy atom. The summed E-state index contributed by atoms with van der Waals surface area (Å²) >= 11 is 0. The standard InChI is InChI=1S/C12H13N3O4S/c1-9(12(16)17)20(18,19)14-10-3-2-4-11(7-10)15-6-5-13-8-15/h2-9,14H,1H3,(H,16,17). The summed E-state index contributed by atoms with van der Waals surface area (Å²) in [6.45, 7) is 1.12. The van der Waals surface area contributed by atoms with E-state index in [1.807, 2.05) is 0 Å². The van der Waals surface area contributed by atoms with E-state index in [2.05, 4.69) is 9.71 Å². The number of sulfonamides is 1. The Balaban J connectivity index is 2.27. The van der Waals surface area contributed by atoms with Gasteiger partial charge in [-0.05, 0) is 25.1 Å². The van der Waals surface area contributed by atoms with Crippen LogP contribution in [0.5, 0.6) is 0 Å². The molecule has 0 radical (unpaired) electrons. The number of nitrogens with one attached hydrogen (secondary N) is 1. The number of anilines is 1. The molecule has 2 N–H and O–H groups in total. The summed E-state index contributed by atoms with van der Waals surface area (Å²) in [5, 5.41) is 7.24. The maximum absolute atomic E-state index is 11.8. The van der Waals surface area contributed by atoms with Gasteiger partial charge in [-0.25, -0.2) is 13.4 Å². The Bertz CT molecular complexity index is 710. The van der Waals surface area contributed by atoms with Crippen molar-refractivity contribution in [2.45, 2.75) is 12.2 Å². The van der Waals surface area contributed by atoms with Gasteiger partial charge in [0.1, 0.15) is 0 Å². The minimum absolute atomic E-state index is 0.296. The number of hydrogen-bond acceptors (Lipinski definition) is 4. The van der Waals surface area contributed by atoms with E-state index in [0.29, 0.717) is 11.4 Å². The van der Waals surface area contributed by atoms with Crippen molar-refractivity contribution < 1.29 is 18.3 Å². The van der Waals surface area contributed by atoms with Crippen LogP contribution in [0.2, 0.25) is 0 Å². The van der Waals surface area contributed by atoms with E-state index in [-0.39, 0.29) is 0 Å². The first-order chi connectivity index (χ1) is 9.40. The van der Waals surface area contributed by atoms with Crippen LogP contribution >= 0.6 is 0 Å². The van der Waals surface area contributed by atoms with Crippen LogP contribution in [-0.2, 0) is 14.8 Å². The highest BCUT2D eigenvalue weighted by molar-refractivity contribution is 7.94. The molecule has 1 aromatic heterocycles. The fraction of sp³-hybridized carbons (Fsp3) is 0.167. The van der Waals surface area contributed by atoms with Crippen LogP contribution in [0.3, 0.4) is 0 Å². The van der Waals surface area contributed by atoms with Gasteiger partial charge >= 0.3 is 5.97 Å². The maximum atomic E-state index is 11.8. The van der Waals surface area contributed by atoms with Crippen molar-refractivity contribution in [3.63, 3.8) is 0 Å². The predicted molar refractivity (Wildman–Crippen MR) is 73.2 cm³/mol. The van der Waals surface area contributed by atoms with Gasteiger partial charge in [-0.15, -0.1) is 0 Å². The summed E-state index contributed by atoms with van der Waals surface area (Å²) in [5.41, 5.74) is 1.01. The van der Waals surface area contributed by atoms with Crippen LogP contribution < -0.4 is 4.72 Å². The smallest absolute Gasteiger partial charge is 0.323 e. The number of carbonyl (C=O) groups is 1. The first-order valence-electron chi connectivity index (χ1n) is 5.73. The van der Waals surface area contributed by atoms with Crippen molar-refractivity contribution in [2.75, 3.05) is 4.72 Å². The van der Waals surface area contributed by atoms with Crippen molar-refractivity contribution in [3.8, 4) is 5.69 Å². The normalized spacial score (nSPS) is 12.8. The average molecular weight is 295 g/mol. The molecular formula is C12H13N3O4S. The maximum Gasteiger partial charge on any atom is 0.323 e. The fourth-order valence-electron chi connectivity index (χ4n) is 1.53. The fourth-order valence-corrected chi connectivity index (χ4v) is 2.42. The molecule has 1 atom stereocenters. The van der Waals surface area contributed by atoms with Gasteiger partial charge in [0.05, 0.1) is 12.0 Å². The highest BCUT2D eigenvalue weighted by atomic mass is 32.2. The molecule has 0 aliphatic carbocycles. The second-order valence-electron chi connectivity index (χ2n) is 4.15. The summed E-state index contributed by atoms with van der Waals surface area (Å²) in [6, 6.07) is 6.58. The van der Waals surface area contributed by atoms with E-state index in [4.69, 9.17) is 5.11 Å². The summed E-state index contributed by atoms with van der Waals surface area (Å²) in [7, 11) is -3.97. The molecule has 7 nitrogen and oxygen atoms in total. The number of benzene rings is 1. The molecule has 0 aliphatic rings. The lowest BCUT2D eigenvalue weighted by atomic mass is 10.3. The average Bonchev–Trinajstić information content (AvgIpc) is 2.91. The lowest BCUT2D eigenvalue weighted by Crippen LogP contribution is -2.32. The number of hydrogen-bond donors (Lipinski definition) is 2. The van der Waals surface area contributed by atoms with Crippen molar-refractivity contribution in [3.05, 3.63) is 43.0 Å². The number of nitrogens with zero attached hydrogens (tertiary/aromatic N) is 2. The van der Waals surface area contributed by atoms with Crippen LogP contribution in [-0.4, -0.2) is 34.3 Å². The number of aromatic nitrogens is 2. The van der Waals surface area contributed by atoms with Gasteiger partial charge in [0, 0.05) is 18.1 Å². The Morgan fingerprint density at radius 1 is 1.45 bits per heavy atom. The number of carboxylic acids is 1. The van der Waals surface area contributed by atoms with Crippen LogP contribution in [0.25, 0.3) is 5.69 Å². The molecule has 0 spiro atoms. The molecule has 0 fully saturated rings. The molecule has 0 amide bonds. The number of aliphatic carboxylic acids is 1. The monoisotopic (exact) mass is 295 g/mol. The molecule has 0 aliphatic heterocycles. The minimum atomic E-state index is -3.97. The third-order valence-corrected chi connectivity index (χ3v) is 4.37. The molecule has 8 heteroatoms. The summed E-state index contributed by atoms with van der Waals surface area (Å²) in [6.07, 6.45) is 4.89. The largest absolute Gasteiger partial charge is 0.480 e. The Kier molecular flexibility index (Phi) is 3.75. The van der Waals surface area contributed by atoms with E-state index < -0.39 is 21.2 Å². The van der Waals surface area contributed by atoms with Crippen molar-refractivity contribution >= 4 is 21.7 Å². The molecular weight excluding hydrogens is 282 g/mol. The Labute approximate surface area is 115 Å². The van der Waals surface area contributed by atoms with Gasteiger partial charge in [-0.2, -0.15) is 0 Å². The molecule has 106 valence electrons. The molecule has 2 rings (SSSR count). The Hall–Kier alpha value is -2.35. The van der Waals surface area contributed by atoms with E-state index >= 15 is 0 Å². The lowest BCUT2D eigenvalue weighted by Gasteiger charge is -2.12. The molecule has 1 heterocycles. The van der Waals surface area contributed by atoms with Gasteiger partial charge in [0.25, 0.3) is 0 Å². The second-order valence-corrected chi connectivity index (χ2v) is 6.15. The molecule has 1 aromatic carbocycles. The number of carboxylic acid groups (broad SMARTS) is 1. The van der Waals surface area contributed by atoms with Gasteiger partial charge in [-0.1, -0.05) is 6.07 Å². The zero-order valence-electron chi connectivity index (χ0n) is 10.6. The van der Waals surface area contributed by atoms with E-state index in [9.17, 15) is 13.2 Å². The summed E-state index contributed by atoms with van der Waals surface area (Å²) < 4.78 is 27.6. The Morgan fingerprint density at radius 2 is 2.20 bits per heavy atom. The first-order valence-corrected chi connectivity index (χ1v) is 7.27. The van der Waals surface area contributed by atoms with Gasteiger partial charge < -0.3 is 9.67 Å². The lowest BCUT2D eigenvalue weighted by molar-refractivity contribution is -0.136.